The first kappa shape index (κ1) is 20.8. The van der Waals surface area contributed by atoms with E-state index < -0.39 is 17.7 Å². The first-order chi connectivity index (χ1) is 13.6. The van der Waals surface area contributed by atoms with Crippen molar-refractivity contribution in [2.75, 3.05) is 7.05 Å². The molecular formula is C22H26F2N4O. The minimum atomic E-state index is -0.959. The van der Waals surface area contributed by atoms with Crippen LogP contribution in [-0.2, 0) is 16.6 Å². The van der Waals surface area contributed by atoms with Crippen molar-refractivity contribution >= 4 is 5.91 Å². The number of halogens is 2. The lowest BCUT2D eigenvalue weighted by molar-refractivity contribution is -0.121. The minimum Gasteiger partial charge on any atom is -0.343 e. The highest BCUT2D eigenvalue weighted by Gasteiger charge is 2.24. The molecule has 3 N–H and O–H groups in total. The Morgan fingerprint density at radius 2 is 1.79 bits per heavy atom. The normalized spacial score (nSPS) is 15.0. The SMILES string of the molecule is CN1C=C(C(NC(=O)Cc2ccc(C(C)(C)C)cc2)c2ccc(F)c(F)c2)NN1. The topological polar surface area (TPSA) is 56.4 Å². The van der Waals surface area contributed by atoms with Crippen molar-refractivity contribution in [3.63, 3.8) is 0 Å². The summed E-state index contributed by atoms with van der Waals surface area (Å²) in [6.07, 6.45) is 1.92. The van der Waals surface area contributed by atoms with Gasteiger partial charge in [-0.05, 0) is 34.2 Å². The fourth-order valence-corrected chi connectivity index (χ4v) is 3.13. The van der Waals surface area contributed by atoms with Gasteiger partial charge in [0.2, 0.25) is 5.91 Å². The summed E-state index contributed by atoms with van der Waals surface area (Å²) >= 11 is 0. The maximum absolute atomic E-state index is 13.8. The average Bonchev–Trinajstić information content (AvgIpc) is 3.08. The number of carbonyl (C=O) groups is 1. The van der Waals surface area contributed by atoms with Gasteiger partial charge in [-0.2, -0.15) is 0 Å². The minimum absolute atomic E-state index is 0.0399. The molecule has 1 atom stereocenters. The van der Waals surface area contributed by atoms with Gasteiger partial charge in [0.05, 0.1) is 18.2 Å². The van der Waals surface area contributed by atoms with Crippen LogP contribution in [-0.4, -0.2) is 18.0 Å². The Bertz CT molecular complexity index is 919. The fraction of sp³-hybridized carbons (Fsp3) is 0.318. The van der Waals surface area contributed by atoms with Gasteiger partial charge >= 0.3 is 0 Å². The Labute approximate surface area is 169 Å². The molecule has 5 nitrogen and oxygen atoms in total. The lowest BCUT2D eigenvalue weighted by atomic mass is 9.86. The summed E-state index contributed by atoms with van der Waals surface area (Å²) in [5.41, 5.74) is 8.97. The quantitative estimate of drug-likeness (QED) is 0.720. The summed E-state index contributed by atoms with van der Waals surface area (Å²) in [6, 6.07) is 10.9. The summed E-state index contributed by atoms with van der Waals surface area (Å²) in [4.78, 5) is 12.7. The number of nitrogens with one attached hydrogen (secondary N) is 3. The number of amides is 1. The first-order valence-electron chi connectivity index (χ1n) is 9.43. The summed E-state index contributed by atoms with van der Waals surface area (Å²) in [6.45, 7) is 6.40. The molecule has 1 aliphatic rings. The molecule has 0 aliphatic carbocycles. The van der Waals surface area contributed by atoms with Crippen LogP contribution in [0.4, 0.5) is 8.78 Å². The van der Waals surface area contributed by atoms with Crippen LogP contribution in [0.1, 0.15) is 43.5 Å². The Morgan fingerprint density at radius 3 is 2.34 bits per heavy atom. The van der Waals surface area contributed by atoms with Crippen LogP contribution in [0.2, 0.25) is 0 Å². The van der Waals surface area contributed by atoms with Crippen molar-refractivity contribution in [1.29, 1.82) is 0 Å². The molecule has 0 aromatic heterocycles. The van der Waals surface area contributed by atoms with Crippen LogP contribution in [0.5, 0.6) is 0 Å². The standard InChI is InChI=1S/C22H26F2N4O/c1-22(2,3)16-8-5-14(6-9-16)11-20(29)25-21(19-13-28(4)27-26-19)15-7-10-17(23)18(24)12-15/h5-10,12-13,21,26-27H,11H2,1-4H3,(H,25,29). The van der Waals surface area contributed by atoms with Gasteiger partial charge in [-0.3, -0.25) is 9.80 Å². The van der Waals surface area contributed by atoms with Crippen LogP contribution < -0.4 is 16.3 Å². The highest BCUT2D eigenvalue weighted by Crippen LogP contribution is 2.25. The number of benzene rings is 2. The zero-order chi connectivity index (χ0) is 21.2. The molecule has 2 aromatic carbocycles. The molecular weight excluding hydrogens is 374 g/mol. The number of rotatable bonds is 5. The van der Waals surface area contributed by atoms with E-state index in [1.54, 1.807) is 18.3 Å². The molecule has 0 bridgehead atoms. The van der Waals surface area contributed by atoms with Crippen molar-refractivity contribution in [1.82, 2.24) is 21.3 Å². The molecule has 2 aromatic rings. The maximum Gasteiger partial charge on any atom is 0.225 e. The van der Waals surface area contributed by atoms with E-state index in [0.717, 1.165) is 17.7 Å². The van der Waals surface area contributed by atoms with Gasteiger partial charge < -0.3 is 10.7 Å². The molecule has 154 valence electrons. The third kappa shape index (κ3) is 5.12. The average molecular weight is 400 g/mol. The van der Waals surface area contributed by atoms with Crippen LogP contribution in [0.25, 0.3) is 0 Å². The lowest BCUT2D eigenvalue weighted by Gasteiger charge is -2.21. The predicted octanol–water partition coefficient (Wildman–Crippen LogP) is 3.46. The number of nitrogens with zero attached hydrogens (tertiary/aromatic N) is 1. The number of hydrogen-bond acceptors (Lipinski definition) is 4. The molecule has 0 saturated heterocycles. The number of carbonyl (C=O) groups excluding carboxylic acids is 1. The predicted molar refractivity (Wildman–Crippen MR) is 108 cm³/mol. The maximum atomic E-state index is 13.8. The second kappa shape index (κ2) is 8.21. The Kier molecular flexibility index (Phi) is 5.88. The van der Waals surface area contributed by atoms with Gasteiger partial charge in [-0.15, -0.1) is 5.53 Å². The van der Waals surface area contributed by atoms with Crippen LogP contribution in [0.3, 0.4) is 0 Å². The first-order valence-corrected chi connectivity index (χ1v) is 9.43. The van der Waals surface area contributed by atoms with E-state index in [4.69, 9.17) is 0 Å². The molecule has 0 spiro atoms. The number of hydrazine groups is 2. The molecule has 0 fully saturated rings. The van der Waals surface area contributed by atoms with Gasteiger partial charge in [0, 0.05) is 13.2 Å². The van der Waals surface area contributed by atoms with E-state index in [9.17, 15) is 13.6 Å². The fourth-order valence-electron chi connectivity index (χ4n) is 3.13. The zero-order valence-electron chi connectivity index (χ0n) is 17.0. The van der Waals surface area contributed by atoms with E-state index in [1.165, 1.54) is 11.6 Å². The highest BCUT2D eigenvalue weighted by molar-refractivity contribution is 5.79. The van der Waals surface area contributed by atoms with Crippen LogP contribution in [0.15, 0.2) is 54.4 Å². The second-order valence-corrected chi connectivity index (χ2v) is 8.23. The van der Waals surface area contributed by atoms with E-state index in [0.29, 0.717) is 11.3 Å². The van der Waals surface area contributed by atoms with E-state index in [-0.39, 0.29) is 17.7 Å². The van der Waals surface area contributed by atoms with Crippen molar-refractivity contribution in [3.05, 3.63) is 82.7 Å². The molecule has 7 heteroatoms. The van der Waals surface area contributed by atoms with Crippen LogP contribution in [0, 0.1) is 11.6 Å². The van der Waals surface area contributed by atoms with Gasteiger partial charge in [0.1, 0.15) is 0 Å². The molecule has 3 rings (SSSR count). The molecule has 1 heterocycles. The Balaban J connectivity index is 1.77. The van der Waals surface area contributed by atoms with E-state index in [1.807, 2.05) is 24.3 Å². The Morgan fingerprint density at radius 1 is 1.10 bits per heavy atom. The smallest absolute Gasteiger partial charge is 0.225 e. The van der Waals surface area contributed by atoms with Crippen molar-refractivity contribution < 1.29 is 13.6 Å². The van der Waals surface area contributed by atoms with E-state index in [2.05, 4.69) is 37.0 Å². The molecule has 0 saturated carbocycles. The second-order valence-electron chi connectivity index (χ2n) is 8.23. The third-order valence-corrected chi connectivity index (χ3v) is 4.79. The monoisotopic (exact) mass is 400 g/mol. The largest absolute Gasteiger partial charge is 0.343 e. The van der Waals surface area contributed by atoms with Gasteiger partial charge in [0.25, 0.3) is 0 Å². The molecule has 0 radical (unpaired) electrons. The van der Waals surface area contributed by atoms with Crippen molar-refractivity contribution in [3.8, 4) is 0 Å². The molecule has 29 heavy (non-hydrogen) atoms. The third-order valence-electron chi connectivity index (χ3n) is 4.79. The molecule has 1 amide bonds. The zero-order valence-corrected chi connectivity index (χ0v) is 17.0. The summed E-state index contributed by atoms with van der Waals surface area (Å²) in [5.74, 6) is -2.11. The summed E-state index contributed by atoms with van der Waals surface area (Å²) < 4.78 is 27.1. The van der Waals surface area contributed by atoms with Gasteiger partial charge in [-0.1, -0.05) is 51.1 Å². The lowest BCUT2D eigenvalue weighted by Crippen LogP contribution is -2.38. The van der Waals surface area contributed by atoms with Gasteiger partial charge in [-0.25, -0.2) is 8.78 Å². The summed E-state index contributed by atoms with van der Waals surface area (Å²) in [5, 5.41) is 4.58. The molecule has 1 aliphatic heterocycles. The van der Waals surface area contributed by atoms with Crippen LogP contribution >= 0.6 is 0 Å². The Hall–Kier alpha value is -2.93. The van der Waals surface area contributed by atoms with Crippen molar-refractivity contribution in [2.45, 2.75) is 38.6 Å². The summed E-state index contributed by atoms with van der Waals surface area (Å²) in [7, 11) is 1.78. The number of hydrogen-bond donors (Lipinski definition) is 3. The highest BCUT2D eigenvalue weighted by atomic mass is 19.2. The van der Waals surface area contributed by atoms with E-state index >= 15 is 0 Å². The molecule has 1 unspecified atom stereocenters. The van der Waals surface area contributed by atoms with Crippen molar-refractivity contribution in [2.24, 2.45) is 0 Å². The van der Waals surface area contributed by atoms with Gasteiger partial charge in [0.15, 0.2) is 11.6 Å².